The Morgan fingerprint density at radius 3 is 1.98 bits per heavy atom. The maximum Gasteiger partial charge on any atom is 0.392 e. The lowest BCUT2D eigenvalue weighted by Crippen LogP contribution is -2.41. The van der Waals surface area contributed by atoms with E-state index in [4.69, 9.17) is 33.2 Å². The van der Waals surface area contributed by atoms with E-state index in [1.165, 1.54) is 0 Å². The van der Waals surface area contributed by atoms with Gasteiger partial charge in [0.1, 0.15) is 38.1 Å². The predicted molar refractivity (Wildman–Crippen MR) is 144 cm³/mol. The minimum absolute atomic E-state index is 0.0426. The molecule has 0 spiro atoms. The first kappa shape index (κ1) is 28.7. The van der Waals surface area contributed by atoms with Crippen molar-refractivity contribution in [2.75, 3.05) is 13.2 Å². The highest BCUT2D eigenvalue weighted by Crippen LogP contribution is 2.39. The van der Waals surface area contributed by atoms with Gasteiger partial charge < -0.3 is 33.2 Å². The first-order valence-electron chi connectivity index (χ1n) is 13.3. The van der Waals surface area contributed by atoms with Gasteiger partial charge in [0.15, 0.2) is 11.6 Å². The SMILES string of the molecule is CC1(C)O[C@H]([C@H]2COC(C)(C)O2)[C@H](COc2nc(OCc3ccccc3)nc(OCc3ccccc3)c2[N+](=O)[O-])O1. The Bertz CT molecular complexity index is 1340. The van der Waals surface area contributed by atoms with Crippen molar-refractivity contribution in [3.63, 3.8) is 0 Å². The van der Waals surface area contributed by atoms with Crippen molar-refractivity contribution in [3.05, 3.63) is 81.9 Å². The topological polar surface area (TPSA) is 134 Å². The van der Waals surface area contributed by atoms with Crippen LogP contribution < -0.4 is 14.2 Å². The number of nitrogens with zero attached hydrogens (tertiary/aromatic N) is 3. The van der Waals surface area contributed by atoms with Crippen molar-refractivity contribution in [2.24, 2.45) is 0 Å². The van der Waals surface area contributed by atoms with Gasteiger partial charge in [0.25, 0.3) is 0 Å². The molecule has 218 valence electrons. The molecule has 3 heterocycles. The molecule has 2 fully saturated rings. The van der Waals surface area contributed by atoms with Gasteiger partial charge in [-0.05, 0) is 38.8 Å². The van der Waals surface area contributed by atoms with Crippen LogP contribution in [0.1, 0.15) is 38.8 Å². The smallest absolute Gasteiger partial charge is 0.392 e. The molecule has 0 aliphatic carbocycles. The van der Waals surface area contributed by atoms with Crippen LogP contribution in [0.2, 0.25) is 0 Å². The average molecular weight is 568 g/mol. The molecule has 3 aromatic rings. The lowest BCUT2D eigenvalue weighted by molar-refractivity contribution is -0.387. The van der Waals surface area contributed by atoms with E-state index >= 15 is 0 Å². The Morgan fingerprint density at radius 1 is 0.829 bits per heavy atom. The minimum atomic E-state index is -0.930. The van der Waals surface area contributed by atoms with E-state index in [2.05, 4.69) is 9.97 Å². The molecular formula is C29H33N3O9. The van der Waals surface area contributed by atoms with Gasteiger partial charge in [-0.3, -0.25) is 10.1 Å². The third-order valence-corrected chi connectivity index (χ3v) is 6.41. The van der Waals surface area contributed by atoms with Crippen LogP contribution in [0.5, 0.6) is 17.8 Å². The Kier molecular flexibility index (Phi) is 8.36. The summed E-state index contributed by atoms with van der Waals surface area (Å²) < 4.78 is 41.4. The quantitative estimate of drug-likeness (QED) is 0.238. The van der Waals surface area contributed by atoms with Gasteiger partial charge in [0.2, 0.25) is 0 Å². The Labute approximate surface area is 237 Å². The molecule has 0 amide bonds. The van der Waals surface area contributed by atoms with Crippen LogP contribution in [0, 0.1) is 10.1 Å². The van der Waals surface area contributed by atoms with Crippen LogP contribution in [-0.2, 0) is 32.2 Å². The highest BCUT2D eigenvalue weighted by Gasteiger charge is 2.50. The van der Waals surface area contributed by atoms with E-state index in [1.807, 2.05) is 74.5 Å². The number of aromatic nitrogens is 2. The maximum absolute atomic E-state index is 12.2. The molecule has 0 bridgehead atoms. The van der Waals surface area contributed by atoms with Gasteiger partial charge in [-0.15, -0.1) is 0 Å². The zero-order valence-corrected chi connectivity index (χ0v) is 23.3. The number of ether oxygens (including phenoxy) is 7. The van der Waals surface area contributed by atoms with E-state index in [1.54, 1.807) is 13.8 Å². The summed E-state index contributed by atoms with van der Waals surface area (Å²) in [6.45, 7) is 7.55. The summed E-state index contributed by atoms with van der Waals surface area (Å²) in [4.78, 5) is 20.0. The minimum Gasteiger partial charge on any atom is -0.470 e. The van der Waals surface area contributed by atoms with Crippen LogP contribution in [-0.4, -0.2) is 58.0 Å². The zero-order chi connectivity index (χ0) is 29.0. The molecule has 1 aromatic heterocycles. The van der Waals surface area contributed by atoms with E-state index in [0.717, 1.165) is 11.1 Å². The largest absolute Gasteiger partial charge is 0.470 e. The van der Waals surface area contributed by atoms with E-state index in [0.29, 0.717) is 6.61 Å². The van der Waals surface area contributed by atoms with Crippen LogP contribution in [0.4, 0.5) is 5.69 Å². The molecule has 41 heavy (non-hydrogen) atoms. The molecule has 2 saturated heterocycles. The lowest BCUT2D eigenvalue weighted by atomic mass is 10.1. The number of hydrogen-bond donors (Lipinski definition) is 0. The molecule has 0 unspecified atom stereocenters. The maximum atomic E-state index is 12.2. The van der Waals surface area contributed by atoms with Gasteiger partial charge in [-0.25, -0.2) is 0 Å². The Morgan fingerprint density at radius 2 is 1.41 bits per heavy atom. The van der Waals surface area contributed by atoms with Crippen molar-refractivity contribution in [2.45, 2.75) is 70.8 Å². The van der Waals surface area contributed by atoms with Gasteiger partial charge >= 0.3 is 23.5 Å². The second-order valence-electron chi connectivity index (χ2n) is 10.6. The average Bonchev–Trinajstić information content (AvgIpc) is 3.47. The summed E-state index contributed by atoms with van der Waals surface area (Å²) in [5.74, 6) is -2.29. The van der Waals surface area contributed by atoms with Crippen LogP contribution >= 0.6 is 0 Å². The van der Waals surface area contributed by atoms with Crippen molar-refractivity contribution >= 4 is 5.69 Å². The standard InChI is InChI=1S/C29H33N3O9/c1-28(2)38-18-22(39-28)24-21(40-29(3,4)41-24)17-36-26-23(32(33)34)25(35-15-19-11-7-5-8-12-19)30-27(31-26)37-16-20-13-9-6-10-14-20/h5-14,21-22,24H,15-18H2,1-4H3/t21-,22+,24-/m0/s1. The monoisotopic (exact) mass is 567 g/mol. The fourth-order valence-corrected chi connectivity index (χ4v) is 4.61. The summed E-state index contributed by atoms with van der Waals surface area (Å²) in [6.07, 6.45) is -1.60. The van der Waals surface area contributed by atoms with Crippen molar-refractivity contribution in [3.8, 4) is 17.8 Å². The predicted octanol–water partition coefficient (Wildman–Crippen LogP) is 4.59. The molecule has 2 aromatic carbocycles. The van der Waals surface area contributed by atoms with Crippen LogP contribution in [0.25, 0.3) is 0 Å². The fraction of sp³-hybridized carbons (Fsp3) is 0.448. The summed E-state index contributed by atoms with van der Waals surface area (Å²) in [6, 6.07) is 18.5. The number of hydrogen-bond acceptors (Lipinski definition) is 11. The number of nitro groups is 1. The van der Waals surface area contributed by atoms with Gasteiger partial charge in [-0.1, -0.05) is 60.7 Å². The molecule has 3 atom stereocenters. The van der Waals surface area contributed by atoms with Crippen molar-refractivity contribution in [1.29, 1.82) is 0 Å². The van der Waals surface area contributed by atoms with Crippen LogP contribution in [0.15, 0.2) is 60.7 Å². The van der Waals surface area contributed by atoms with Crippen molar-refractivity contribution < 1.29 is 38.1 Å². The van der Waals surface area contributed by atoms with Gasteiger partial charge in [0, 0.05) is 0 Å². The molecule has 0 saturated carbocycles. The van der Waals surface area contributed by atoms with Gasteiger partial charge in [0.05, 0.1) is 11.5 Å². The summed E-state index contributed by atoms with van der Waals surface area (Å²) in [7, 11) is 0. The fourth-order valence-electron chi connectivity index (χ4n) is 4.61. The van der Waals surface area contributed by atoms with Gasteiger partial charge in [-0.2, -0.15) is 9.97 Å². The molecule has 0 N–H and O–H groups in total. The number of rotatable bonds is 11. The lowest BCUT2D eigenvalue weighted by Gasteiger charge is -2.23. The zero-order valence-electron chi connectivity index (χ0n) is 23.3. The summed E-state index contributed by atoms with van der Waals surface area (Å²) in [5.41, 5.74) is 1.15. The van der Waals surface area contributed by atoms with E-state index < -0.39 is 40.5 Å². The molecule has 12 nitrogen and oxygen atoms in total. The molecule has 2 aliphatic heterocycles. The van der Waals surface area contributed by atoms with Crippen LogP contribution in [0.3, 0.4) is 0 Å². The van der Waals surface area contributed by atoms with E-state index in [9.17, 15) is 10.1 Å². The normalized spacial score (nSPS) is 22.8. The third kappa shape index (κ3) is 7.27. The third-order valence-electron chi connectivity index (χ3n) is 6.41. The highest BCUT2D eigenvalue weighted by atomic mass is 16.8. The second-order valence-corrected chi connectivity index (χ2v) is 10.6. The first-order valence-corrected chi connectivity index (χ1v) is 13.3. The molecule has 12 heteroatoms. The number of benzene rings is 2. The highest BCUT2D eigenvalue weighted by molar-refractivity contribution is 5.50. The summed E-state index contributed by atoms with van der Waals surface area (Å²) >= 11 is 0. The van der Waals surface area contributed by atoms with Crippen molar-refractivity contribution in [1.82, 2.24) is 9.97 Å². The Hall–Kier alpha value is -3.84. The summed E-state index contributed by atoms with van der Waals surface area (Å²) in [5, 5.41) is 12.2. The van der Waals surface area contributed by atoms with E-state index in [-0.39, 0.29) is 37.6 Å². The molecular weight excluding hydrogens is 534 g/mol. The molecule has 2 aliphatic rings. The molecule has 5 rings (SSSR count). The molecule has 0 radical (unpaired) electrons. The second kappa shape index (κ2) is 12.0. The first-order chi connectivity index (χ1) is 19.6. The Balaban J connectivity index is 1.40.